The van der Waals surface area contributed by atoms with Gasteiger partial charge in [-0.3, -0.25) is 4.84 Å². The quantitative estimate of drug-likeness (QED) is 0.147. The van der Waals surface area contributed by atoms with E-state index in [1.54, 1.807) is 0 Å². The summed E-state index contributed by atoms with van der Waals surface area (Å²) in [5.74, 6) is 0. The molecule has 0 aromatic heterocycles. The summed E-state index contributed by atoms with van der Waals surface area (Å²) in [5, 5.41) is 1.16. The van der Waals surface area contributed by atoms with E-state index in [-0.39, 0.29) is 17.5 Å². The van der Waals surface area contributed by atoms with E-state index in [4.69, 9.17) is 23.8 Å². The van der Waals surface area contributed by atoms with Crippen molar-refractivity contribution in [3.8, 4) is 0 Å². The van der Waals surface area contributed by atoms with Gasteiger partial charge in [-0.1, -0.05) is 26.7 Å². The van der Waals surface area contributed by atoms with Gasteiger partial charge in [0, 0.05) is 32.5 Å². The Morgan fingerprint density at radius 2 is 1.10 bits per heavy atom. The van der Waals surface area contributed by atoms with Crippen LogP contribution in [0.5, 0.6) is 0 Å². The normalized spacial score (nSPS) is 17.5. The number of hydrogen-bond donors (Lipinski definition) is 0. The Balaban J connectivity index is 6.33. The lowest BCUT2D eigenvalue weighted by Gasteiger charge is -2.52. The van der Waals surface area contributed by atoms with E-state index < -0.39 is 11.6 Å². The van der Waals surface area contributed by atoms with Crippen LogP contribution >= 0.6 is 18.5 Å². The SMILES string of the molecule is CCCC(P)(C(OCC)OCC)C(C)N(OCC)C(P)(CCC)C(OCC)OCC. The molecule has 0 amide bonds. The minimum absolute atomic E-state index is 0.0436. The molecular formula is C22H49NO5P2. The van der Waals surface area contributed by atoms with Gasteiger partial charge in [0.05, 0.1) is 11.8 Å². The highest BCUT2D eigenvalue weighted by Crippen LogP contribution is 2.44. The van der Waals surface area contributed by atoms with Crippen LogP contribution in [0.2, 0.25) is 0 Å². The summed E-state index contributed by atoms with van der Waals surface area (Å²) in [5.41, 5.74) is 0. The Bertz CT molecular complexity index is 422. The molecule has 0 saturated carbocycles. The fourth-order valence-electron chi connectivity index (χ4n) is 3.94. The van der Waals surface area contributed by atoms with Crippen molar-refractivity contribution >= 4 is 18.5 Å². The molecule has 182 valence electrons. The summed E-state index contributed by atoms with van der Waals surface area (Å²) in [4.78, 5) is 6.32. The van der Waals surface area contributed by atoms with Crippen LogP contribution in [0.15, 0.2) is 0 Å². The zero-order valence-corrected chi connectivity index (χ0v) is 23.0. The van der Waals surface area contributed by atoms with Crippen LogP contribution in [0.4, 0.5) is 0 Å². The molecule has 5 unspecified atom stereocenters. The fraction of sp³-hybridized carbons (Fsp3) is 1.00. The van der Waals surface area contributed by atoms with Gasteiger partial charge in [0.25, 0.3) is 0 Å². The summed E-state index contributed by atoms with van der Waals surface area (Å²) < 4.78 is 24.3. The van der Waals surface area contributed by atoms with Gasteiger partial charge in [0.15, 0.2) is 12.6 Å². The second-order valence-corrected chi connectivity index (χ2v) is 9.58. The van der Waals surface area contributed by atoms with Crippen LogP contribution in [0.1, 0.15) is 81.1 Å². The summed E-state index contributed by atoms with van der Waals surface area (Å²) in [6, 6.07) is -0.0436. The third-order valence-corrected chi connectivity index (χ3v) is 7.12. The molecule has 0 rings (SSSR count). The molecule has 0 aromatic carbocycles. The van der Waals surface area contributed by atoms with Crippen LogP contribution in [0.3, 0.4) is 0 Å². The molecule has 0 heterocycles. The second-order valence-electron chi connectivity index (χ2n) is 7.51. The topological polar surface area (TPSA) is 49.4 Å². The fourth-order valence-corrected chi connectivity index (χ4v) is 5.34. The van der Waals surface area contributed by atoms with Crippen molar-refractivity contribution in [2.45, 2.75) is 110 Å². The van der Waals surface area contributed by atoms with Crippen LogP contribution in [-0.2, 0) is 23.8 Å². The van der Waals surface area contributed by atoms with E-state index in [0.29, 0.717) is 33.0 Å². The van der Waals surface area contributed by atoms with Gasteiger partial charge < -0.3 is 18.9 Å². The van der Waals surface area contributed by atoms with Crippen LogP contribution in [0, 0.1) is 0 Å². The van der Waals surface area contributed by atoms with Gasteiger partial charge >= 0.3 is 0 Å². The molecule has 0 radical (unpaired) electrons. The summed E-state index contributed by atoms with van der Waals surface area (Å²) in [7, 11) is 6.05. The molecule has 6 nitrogen and oxygen atoms in total. The van der Waals surface area contributed by atoms with Crippen molar-refractivity contribution in [2.75, 3.05) is 33.0 Å². The molecule has 0 aromatic rings. The molecule has 0 aliphatic carbocycles. The lowest BCUT2D eigenvalue weighted by molar-refractivity contribution is -0.298. The summed E-state index contributed by atoms with van der Waals surface area (Å²) >= 11 is 0. The van der Waals surface area contributed by atoms with Crippen molar-refractivity contribution in [2.24, 2.45) is 0 Å². The lowest BCUT2D eigenvalue weighted by atomic mass is 9.91. The molecule has 0 saturated heterocycles. The van der Waals surface area contributed by atoms with E-state index in [0.717, 1.165) is 25.7 Å². The van der Waals surface area contributed by atoms with Gasteiger partial charge in [-0.2, -0.15) is 5.06 Å². The predicted octanol–water partition coefficient (Wildman–Crippen LogP) is 5.21. The number of nitrogens with zero attached hydrogens (tertiary/aromatic N) is 1. The van der Waals surface area contributed by atoms with Crippen molar-refractivity contribution in [3.63, 3.8) is 0 Å². The first-order valence-electron chi connectivity index (χ1n) is 11.7. The average molecular weight is 470 g/mol. The maximum absolute atomic E-state index is 6.32. The van der Waals surface area contributed by atoms with Crippen molar-refractivity contribution in [3.05, 3.63) is 0 Å². The third kappa shape index (κ3) is 8.19. The van der Waals surface area contributed by atoms with E-state index in [2.05, 4.69) is 44.3 Å². The number of hydroxylamine groups is 2. The van der Waals surface area contributed by atoms with Crippen molar-refractivity contribution in [1.29, 1.82) is 0 Å². The van der Waals surface area contributed by atoms with Crippen LogP contribution < -0.4 is 0 Å². The Hall–Kier alpha value is 0.620. The number of hydrogen-bond acceptors (Lipinski definition) is 6. The lowest BCUT2D eigenvalue weighted by Crippen LogP contribution is -2.64. The molecule has 0 fully saturated rings. The highest BCUT2D eigenvalue weighted by atomic mass is 31.0. The Kier molecular flexibility index (Phi) is 16.6. The van der Waals surface area contributed by atoms with E-state index >= 15 is 0 Å². The minimum atomic E-state index is -0.547. The van der Waals surface area contributed by atoms with Crippen LogP contribution in [-0.4, -0.2) is 67.2 Å². The largest absolute Gasteiger partial charge is 0.352 e. The standard InChI is InChI=1S/C22H49NO5P2/c1-9-16-21(29,19(24-11-3)25-12-4)18(8)23(28-15-7)22(30,17-10-2)20(26-13-5)27-14-6/h18-20H,9-17,29-30H2,1-8H3. The summed E-state index contributed by atoms with van der Waals surface area (Å²) in [6.45, 7) is 19.4. The molecule has 30 heavy (non-hydrogen) atoms. The first-order valence-corrected chi connectivity index (χ1v) is 12.9. The second kappa shape index (κ2) is 16.3. The monoisotopic (exact) mass is 469 g/mol. The van der Waals surface area contributed by atoms with Gasteiger partial charge in [-0.25, -0.2) is 0 Å². The molecule has 0 bridgehead atoms. The summed E-state index contributed by atoms with van der Waals surface area (Å²) in [6.07, 6.45) is 2.93. The van der Waals surface area contributed by atoms with E-state index in [9.17, 15) is 0 Å². The Morgan fingerprint density at radius 1 is 0.667 bits per heavy atom. The first-order chi connectivity index (χ1) is 14.3. The van der Waals surface area contributed by atoms with E-state index in [1.165, 1.54) is 0 Å². The van der Waals surface area contributed by atoms with Crippen molar-refractivity contribution < 1.29 is 23.8 Å². The minimum Gasteiger partial charge on any atom is -0.352 e. The average Bonchev–Trinajstić information content (AvgIpc) is 2.71. The Labute approximate surface area is 190 Å². The van der Waals surface area contributed by atoms with Gasteiger partial charge in [0.2, 0.25) is 0 Å². The number of ether oxygens (including phenoxy) is 4. The maximum Gasteiger partial charge on any atom is 0.181 e. The highest BCUT2D eigenvalue weighted by molar-refractivity contribution is 7.19. The van der Waals surface area contributed by atoms with Gasteiger partial charge in [-0.05, 0) is 54.4 Å². The van der Waals surface area contributed by atoms with Crippen molar-refractivity contribution in [1.82, 2.24) is 5.06 Å². The van der Waals surface area contributed by atoms with Gasteiger partial charge in [-0.15, -0.1) is 18.5 Å². The number of rotatable bonds is 19. The molecule has 0 aliphatic heterocycles. The molecule has 5 atom stereocenters. The first kappa shape index (κ1) is 30.6. The third-order valence-electron chi connectivity index (χ3n) is 5.26. The molecule has 0 spiro atoms. The molecule has 0 aliphatic rings. The van der Waals surface area contributed by atoms with Gasteiger partial charge in [0.1, 0.15) is 5.28 Å². The predicted molar refractivity (Wildman–Crippen MR) is 132 cm³/mol. The highest BCUT2D eigenvalue weighted by Gasteiger charge is 2.51. The molecular weight excluding hydrogens is 420 g/mol. The molecule has 8 heteroatoms. The zero-order valence-electron chi connectivity index (χ0n) is 20.7. The van der Waals surface area contributed by atoms with Crippen LogP contribution in [0.25, 0.3) is 0 Å². The maximum atomic E-state index is 6.32. The smallest absolute Gasteiger partial charge is 0.181 e. The zero-order chi connectivity index (χ0) is 23.2. The van der Waals surface area contributed by atoms with E-state index in [1.807, 2.05) is 34.6 Å². The Morgan fingerprint density at radius 3 is 1.47 bits per heavy atom. The molecule has 0 N–H and O–H groups in total.